The Hall–Kier alpha value is -1.03. The first kappa shape index (κ1) is 10.5. The van der Waals surface area contributed by atoms with E-state index >= 15 is 0 Å². The van der Waals surface area contributed by atoms with Gasteiger partial charge in [-0.1, -0.05) is 82.4 Å². The van der Waals surface area contributed by atoms with Crippen molar-refractivity contribution in [1.82, 2.24) is 0 Å². The van der Waals surface area contributed by atoms with Crippen molar-refractivity contribution in [2.24, 2.45) is 0 Å². The number of hydrogen-bond acceptors (Lipinski definition) is 0. The Balaban J connectivity index is 0.00000128. The molecule has 0 aromatic heterocycles. The highest BCUT2D eigenvalue weighted by Gasteiger charge is 1.96. The average Bonchev–Trinajstić information content (AvgIpc) is 2.32. The first-order valence-corrected chi connectivity index (χ1v) is 6.98. The summed E-state index contributed by atoms with van der Waals surface area (Å²) in [6.45, 7) is 0. The lowest BCUT2D eigenvalue weighted by atomic mass is 10.2. The zero-order valence-corrected chi connectivity index (χ0v) is 9.92. The van der Waals surface area contributed by atoms with E-state index in [9.17, 15) is 0 Å². The van der Waals surface area contributed by atoms with E-state index in [0.717, 1.165) is 0 Å². The third-order valence-electron chi connectivity index (χ3n) is 2.45. The van der Waals surface area contributed by atoms with E-state index in [2.05, 4.69) is 60.7 Å². The van der Waals surface area contributed by atoms with Gasteiger partial charge in [0.2, 0.25) is 15.2 Å². The van der Waals surface area contributed by atoms with Crippen LogP contribution in [0.3, 0.4) is 0 Å². The van der Waals surface area contributed by atoms with Crippen molar-refractivity contribution >= 4 is 15.2 Å². The van der Waals surface area contributed by atoms with Gasteiger partial charge in [-0.05, 0) is 0 Å². The van der Waals surface area contributed by atoms with Crippen molar-refractivity contribution in [3.8, 4) is 0 Å². The quantitative estimate of drug-likeness (QED) is 0.680. The molecule has 75 valence electrons. The van der Waals surface area contributed by atoms with E-state index in [-0.39, 0.29) is 1.43 Å². The van der Waals surface area contributed by atoms with Crippen LogP contribution >= 0.6 is 0 Å². The fourth-order valence-electron chi connectivity index (χ4n) is 1.63. The minimum Gasteiger partial charge on any atom is -0.0801 e. The summed E-state index contributed by atoms with van der Waals surface area (Å²) in [6.07, 6.45) is 0. The van der Waals surface area contributed by atoms with Gasteiger partial charge in [-0.25, -0.2) is 0 Å². The fraction of sp³-hybridized carbons (Fsp3) is 0.143. The van der Waals surface area contributed by atoms with Crippen LogP contribution < -0.4 is 0 Å². The molecule has 2 aromatic rings. The van der Waals surface area contributed by atoms with Crippen molar-refractivity contribution in [3.05, 3.63) is 71.8 Å². The summed E-state index contributed by atoms with van der Waals surface area (Å²) >= 11 is 0.501. The zero-order chi connectivity index (χ0) is 10.3. The molecule has 0 heterocycles. The zero-order valence-electron chi connectivity index (χ0n) is 8.77. The maximum absolute atomic E-state index is 2.22. The smallest absolute Gasteiger partial charge is 0.0801 e. The minimum absolute atomic E-state index is 0. The second-order valence-corrected chi connectivity index (χ2v) is 5.06. The molecule has 0 spiro atoms. The van der Waals surface area contributed by atoms with Gasteiger partial charge in [0.15, 0.2) is 0 Å². The molecule has 1 heteroatoms. The fourth-order valence-corrected chi connectivity index (χ4v) is 2.99. The maximum atomic E-state index is 2.22. The highest BCUT2D eigenvalue weighted by Crippen LogP contribution is 2.02. The molecule has 0 aliphatic heterocycles. The summed E-state index contributed by atoms with van der Waals surface area (Å²) in [5.41, 5.74) is 2.95. The van der Waals surface area contributed by atoms with E-state index < -0.39 is 0 Å². The van der Waals surface area contributed by atoms with Crippen LogP contribution in [0.25, 0.3) is 0 Å². The lowest BCUT2D eigenvalue weighted by Gasteiger charge is -2.00. The molecule has 2 aromatic carbocycles. The molecule has 1 radical (unpaired) electrons. The van der Waals surface area contributed by atoms with Gasteiger partial charge >= 0.3 is 0 Å². The van der Waals surface area contributed by atoms with Crippen LogP contribution in [-0.4, -0.2) is 15.2 Å². The van der Waals surface area contributed by atoms with Crippen LogP contribution in [0.4, 0.5) is 0 Å². The number of hydrogen-bond donors (Lipinski definition) is 0. The predicted molar refractivity (Wildman–Crippen MR) is 68.2 cm³/mol. The first-order valence-electron chi connectivity index (χ1n) is 5.34. The highest BCUT2D eigenvalue weighted by atomic mass is 27.1. The van der Waals surface area contributed by atoms with Gasteiger partial charge < -0.3 is 0 Å². The van der Waals surface area contributed by atoms with Crippen LogP contribution in [0.5, 0.6) is 0 Å². The lowest BCUT2D eigenvalue weighted by molar-refractivity contribution is 1.30. The molecule has 0 atom stereocenters. The summed E-state index contributed by atoms with van der Waals surface area (Å²) in [5.74, 6) is 0. The van der Waals surface area contributed by atoms with Gasteiger partial charge in [0, 0.05) is 1.43 Å². The Morgan fingerprint density at radius 1 is 0.667 bits per heavy atom. The van der Waals surface area contributed by atoms with Crippen LogP contribution in [0, 0.1) is 0 Å². The van der Waals surface area contributed by atoms with Gasteiger partial charge in [0.05, 0.1) is 0 Å². The standard InChI is InChI=1S/2C7H7.Al.H2/c2*1-7-5-3-2-4-6-7;;/h2*2-6H,1H2;;1H. The Morgan fingerprint density at radius 2 is 1.07 bits per heavy atom. The molecule has 0 saturated carbocycles. The highest BCUT2D eigenvalue weighted by molar-refractivity contribution is 6.34. The molecular weight excluding hydrogens is 195 g/mol. The summed E-state index contributed by atoms with van der Waals surface area (Å²) in [6, 6.07) is 21.5. The van der Waals surface area contributed by atoms with E-state index in [0.29, 0.717) is 15.2 Å². The van der Waals surface area contributed by atoms with Crippen LogP contribution in [0.1, 0.15) is 12.6 Å². The van der Waals surface area contributed by atoms with Crippen molar-refractivity contribution in [1.29, 1.82) is 0 Å². The van der Waals surface area contributed by atoms with Gasteiger partial charge in [-0.15, -0.1) is 0 Å². The van der Waals surface area contributed by atoms with Gasteiger partial charge in [-0.2, -0.15) is 0 Å². The van der Waals surface area contributed by atoms with Crippen LogP contribution in [-0.2, 0) is 10.6 Å². The van der Waals surface area contributed by atoms with E-state index in [1.54, 1.807) is 0 Å². The van der Waals surface area contributed by atoms with Gasteiger partial charge in [0.1, 0.15) is 0 Å². The monoisotopic (exact) mass is 211 g/mol. The molecule has 0 bridgehead atoms. The normalized spacial score (nSPS) is 9.87. The number of rotatable bonds is 4. The first-order chi connectivity index (χ1) is 7.45. The Morgan fingerprint density at radius 3 is 1.47 bits per heavy atom. The van der Waals surface area contributed by atoms with E-state index in [4.69, 9.17) is 0 Å². The largest absolute Gasteiger partial charge is 0.214 e. The maximum Gasteiger partial charge on any atom is 0.214 e. The average molecular weight is 211 g/mol. The van der Waals surface area contributed by atoms with E-state index in [1.165, 1.54) is 21.7 Å². The molecule has 0 aliphatic rings. The molecule has 0 N–H and O–H groups in total. The third-order valence-corrected chi connectivity index (χ3v) is 3.97. The Kier molecular flexibility index (Phi) is 4.03. The van der Waals surface area contributed by atoms with Crippen molar-refractivity contribution in [2.45, 2.75) is 10.6 Å². The molecule has 0 saturated heterocycles. The topological polar surface area (TPSA) is 0 Å². The molecule has 2 rings (SSSR count). The molecule has 0 unspecified atom stereocenters. The SMILES string of the molecule is [HH].c1ccc([CH2][Al][CH2]c2ccccc2)cc1. The summed E-state index contributed by atoms with van der Waals surface area (Å²) in [7, 11) is 0. The molecule has 0 amide bonds. The summed E-state index contributed by atoms with van der Waals surface area (Å²) in [5, 5.41) is 2.52. The minimum atomic E-state index is 0. The summed E-state index contributed by atoms with van der Waals surface area (Å²) < 4.78 is 0. The van der Waals surface area contributed by atoms with Crippen molar-refractivity contribution < 1.29 is 1.43 Å². The number of benzene rings is 2. The van der Waals surface area contributed by atoms with Gasteiger partial charge in [0.25, 0.3) is 0 Å². The van der Waals surface area contributed by atoms with Crippen molar-refractivity contribution in [3.63, 3.8) is 0 Å². The second kappa shape index (κ2) is 5.76. The summed E-state index contributed by atoms with van der Waals surface area (Å²) in [4.78, 5) is 0. The third kappa shape index (κ3) is 3.55. The van der Waals surface area contributed by atoms with E-state index in [1.807, 2.05) is 0 Å². The molecule has 0 aliphatic carbocycles. The van der Waals surface area contributed by atoms with Crippen LogP contribution in [0.15, 0.2) is 60.7 Å². The molecular formula is C14H16Al. The van der Waals surface area contributed by atoms with Crippen LogP contribution in [0.2, 0.25) is 0 Å². The molecule has 15 heavy (non-hydrogen) atoms. The van der Waals surface area contributed by atoms with Crippen molar-refractivity contribution in [2.75, 3.05) is 0 Å². The Bertz CT molecular complexity index is 346. The second-order valence-electron chi connectivity index (χ2n) is 3.67. The van der Waals surface area contributed by atoms with Gasteiger partial charge in [-0.3, -0.25) is 0 Å². The molecule has 0 nitrogen and oxygen atoms in total. The Labute approximate surface area is 99.2 Å². The predicted octanol–water partition coefficient (Wildman–Crippen LogP) is 3.34. The molecule has 0 fully saturated rings. The lowest BCUT2D eigenvalue weighted by Crippen LogP contribution is -2.01.